The quantitative estimate of drug-likeness (QED) is 0.445. The molecule has 2 N–H and O–H groups in total. The fourth-order valence-electron chi connectivity index (χ4n) is 3.52. The molecule has 1 amide bonds. The summed E-state index contributed by atoms with van der Waals surface area (Å²) in [5, 5.41) is 17.3. The number of aromatic nitrogens is 2. The highest BCUT2D eigenvalue weighted by molar-refractivity contribution is 5.68. The van der Waals surface area contributed by atoms with Gasteiger partial charge in [0, 0.05) is 26.2 Å². The van der Waals surface area contributed by atoms with Crippen LogP contribution in [0.1, 0.15) is 39.2 Å². The van der Waals surface area contributed by atoms with Gasteiger partial charge in [-0.2, -0.15) is 4.98 Å². The number of anilines is 2. The summed E-state index contributed by atoms with van der Waals surface area (Å²) in [6.45, 7) is 6.93. The van der Waals surface area contributed by atoms with Gasteiger partial charge in [-0.05, 0) is 57.2 Å². The van der Waals surface area contributed by atoms with Crippen LogP contribution in [-0.4, -0.2) is 51.1 Å². The largest absolute Gasteiger partial charge is 0.444 e. The predicted octanol–water partition coefficient (Wildman–Crippen LogP) is 4.33. The van der Waals surface area contributed by atoms with Gasteiger partial charge in [-0.25, -0.2) is 18.6 Å². The third-order valence-electron chi connectivity index (χ3n) is 5.13. The van der Waals surface area contributed by atoms with Crippen LogP contribution in [0.25, 0.3) is 0 Å². The van der Waals surface area contributed by atoms with Crippen molar-refractivity contribution in [2.24, 2.45) is 5.92 Å². The first-order valence-corrected chi connectivity index (χ1v) is 10.9. The summed E-state index contributed by atoms with van der Waals surface area (Å²) in [6, 6.07) is 3.47. The predicted molar refractivity (Wildman–Crippen MR) is 121 cm³/mol. The standard InChI is InChI=1S/C22H28F2N6O4/c1-22(2,3)34-21(31)29-8-4-5-15(13-29)11-25-19-18(30(32)33)12-27-20(28-19)26-10-14-6-7-16(23)17(24)9-14/h6-7,9,12,15H,4-5,8,10-11,13H2,1-3H3,(H2,25,26,27,28). The number of nitro groups is 1. The van der Waals surface area contributed by atoms with E-state index in [9.17, 15) is 23.7 Å². The molecule has 3 rings (SSSR count). The van der Waals surface area contributed by atoms with Crippen molar-refractivity contribution in [1.29, 1.82) is 0 Å². The molecule has 0 saturated carbocycles. The van der Waals surface area contributed by atoms with Crippen LogP contribution >= 0.6 is 0 Å². The number of ether oxygens (including phenoxy) is 1. The zero-order valence-electron chi connectivity index (χ0n) is 19.3. The number of nitrogens with zero attached hydrogens (tertiary/aromatic N) is 4. The van der Waals surface area contributed by atoms with Crippen LogP contribution in [0.2, 0.25) is 0 Å². The smallest absolute Gasteiger partial charge is 0.410 e. The van der Waals surface area contributed by atoms with Gasteiger partial charge >= 0.3 is 11.8 Å². The van der Waals surface area contributed by atoms with Crippen LogP contribution in [0, 0.1) is 27.7 Å². The van der Waals surface area contributed by atoms with Gasteiger partial charge in [-0.3, -0.25) is 10.1 Å². The van der Waals surface area contributed by atoms with E-state index >= 15 is 0 Å². The van der Waals surface area contributed by atoms with E-state index in [-0.39, 0.29) is 36.0 Å². The zero-order valence-corrected chi connectivity index (χ0v) is 19.3. The summed E-state index contributed by atoms with van der Waals surface area (Å²) in [4.78, 5) is 33.0. The number of nitrogens with one attached hydrogen (secondary N) is 2. The summed E-state index contributed by atoms with van der Waals surface area (Å²) in [6.07, 6.45) is 2.33. The van der Waals surface area contributed by atoms with Gasteiger partial charge in [-0.15, -0.1) is 0 Å². The van der Waals surface area contributed by atoms with E-state index in [0.29, 0.717) is 25.2 Å². The highest BCUT2D eigenvalue weighted by Crippen LogP contribution is 2.25. The zero-order chi connectivity index (χ0) is 24.9. The average Bonchev–Trinajstić information content (AvgIpc) is 2.77. The van der Waals surface area contributed by atoms with Gasteiger partial charge in [0.25, 0.3) is 0 Å². The molecule has 1 fully saturated rings. The minimum Gasteiger partial charge on any atom is -0.444 e. The molecule has 1 saturated heterocycles. The van der Waals surface area contributed by atoms with E-state index in [1.807, 2.05) is 0 Å². The van der Waals surface area contributed by atoms with E-state index in [0.717, 1.165) is 31.2 Å². The maximum Gasteiger partial charge on any atom is 0.410 e. The molecule has 2 heterocycles. The van der Waals surface area contributed by atoms with Crippen LogP contribution in [0.4, 0.5) is 31.0 Å². The molecule has 10 nitrogen and oxygen atoms in total. The molecule has 0 spiro atoms. The fraction of sp³-hybridized carbons (Fsp3) is 0.500. The number of halogens is 2. The van der Waals surface area contributed by atoms with Crippen molar-refractivity contribution in [2.45, 2.75) is 45.8 Å². The first kappa shape index (κ1) is 25.1. The third kappa shape index (κ3) is 6.96. The summed E-state index contributed by atoms with van der Waals surface area (Å²) in [5.41, 5.74) is -0.426. The fourth-order valence-corrected chi connectivity index (χ4v) is 3.52. The molecule has 2 aromatic rings. The number of hydrogen-bond acceptors (Lipinski definition) is 8. The normalized spacial score (nSPS) is 16.1. The number of hydrogen-bond donors (Lipinski definition) is 2. The third-order valence-corrected chi connectivity index (χ3v) is 5.13. The molecule has 0 aliphatic carbocycles. The van der Waals surface area contributed by atoms with Gasteiger partial charge in [0.05, 0.1) is 4.92 Å². The van der Waals surface area contributed by atoms with Crippen molar-refractivity contribution < 1.29 is 23.2 Å². The molecule has 12 heteroatoms. The van der Waals surface area contributed by atoms with Crippen LogP contribution in [0.3, 0.4) is 0 Å². The van der Waals surface area contributed by atoms with E-state index in [1.54, 1.807) is 25.7 Å². The van der Waals surface area contributed by atoms with Crippen molar-refractivity contribution in [2.75, 3.05) is 30.3 Å². The number of rotatable bonds is 7. The van der Waals surface area contributed by atoms with Crippen molar-refractivity contribution in [3.8, 4) is 0 Å². The van der Waals surface area contributed by atoms with Gasteiger partial charge in [0.15, 0.2) is 11.6 Å². The topological polar surface area (TPSA) is 123 Å². The van der Waals surface area contributed by atoms with E-state index in [2.05, 4.69) is 20.6 Å². The number of carbonyl (C=O) groups excluding carboxylic acids is 1. The van der Waals surface area contributed by atoms with E-state index in [4.69, 9.17) is 4.74 Å². The van der Waals surface area contributed by atoms with Crippen LogP contribution < -0.4 is 10.6 Å². The lowest BCUT2D eigenvalue weighted by Crippen LogP contribution is -2.44. The van der Waals surface area contributed by atoms with Crippen molar-refractivity contribution in [1.82, 2.24) is 14.9 Å². The Balaban J connectivity index is 1.64. The van der Waals surface area contributed by atoms with Gasteiger partial charge in [-0.1, -0.05) is 6.07 Å². The van der Waals surface area contributed by atoms with E-state index in [1.165, 1.54) is 6.07 Å². The number of benzene rings is 1. The van der Waals surface area contributed by atoms with Gasteiger partial charge < -0.3 is 20.3 Å². The molecule has 1 aliphatic rings. The Morgan fingerprint density at radius 2 is 2.06 bits per heavy atom. The number of amides is 1. The van der Waals surface area contributed by atoms with Gasteiger partial charge in [0.1, 0.15) is 11.8 Å². The Hall–Kier alpha value is -3.57. The lowest BCUT2D eigenvalue weighted by molar-refractivity contribution is -0.384. The Labute approximate surface area is 195 Å². The van der Waals surface area contributed by atoms with Crippen molar-refractivity contribution in [3.63, 3.8) is 0 Å². The molecular formula is C22H28F2N6O4. The maximum atomic E-state index is 13.4. The monoisotopic (exact) mass is 478 g/mol. The highest BCUT2D eigenvalue weighted by atomic mass is 19.2. The summed E-state index contributed by atoms with van der Waals surface area (Å²) in [7, 11) is 0. The van der Waals surface area contributed by atoms with Crippen molar-refractivity contribution >= 4 is 23.5 Å². The minimum absolute atomic E-state index is 0.0298. The number of carbonyl (C=O) groups is 1. The Morgan fingerprint density at radius 1 is 1.29 bits per heavy atom. The highest BCUT2D eigenvalue weighted by Gasteiger charge is 2.28. The summed E-state index contributed by atoms with van der Waals surface area (Å²) >= 11 is 0. The Bertz CT molecular complexity index is 1050. The first-order chi connectivity index (χ1) is 16.0. The van der Waals surface area contributed by atoms with Crippen LogP contribution in [-0.2, 0) is 11.3 Å². The SMILES string of the molecule is CC(C)(C)OC(=O)N1CCCC(CNc2nc(NCc3ccc(F)c(F)c3)ncc2[N+](=O)[O-])C1. The molecule has 1 atom stereocenters. The summed E-state index contributed by atoms with van der Waals surface area (Å²) < 4.78 is 31.9. The second-order valence-corrected chi connectivity index (χ2v) is 9.10. The molecule has 34 heavy (non-hydrogen) atoms. The van der Waals surface area contributed by atoms with Crippen LogP contribution in [0.15, 0.2) is 24.4 Å². The van der Waals surface area contributed by atoms with E-state index < -0.39 is 22.2 Å². The molecule has 1 unspecified atom stereocenters. The molecule has 1 aromatic carbocycles. The van der Waals surface area contributed by atoms with Gasteiger partial charge in [0.2, 0.25) is 11.8 Å². The molecule has 0 radical (unpaired) electrons. The first-order valence-electron chi connectivity index (χ1n) is 10.9. The Morgan fingerprint density at radius 3 is 2.74 bits per heavy atom. The molecule has 1 aliphatic heterocycles. The molecule has 184 valence electrons. The molecular weight excluding hydrogens is 450 g/mol. The second-order valence-electron chi connectivity index (χ2n) is 9.10. The average molecular weight is 479 g/mol. The molecule has 0 bridgehead atoms. The molecule has 1 aromatic heterocycles. The van der Waals surface area contributed by atoms with Crippen molar-refractivity contribution in [3.05, 3.63) is 51.7 Å². The Kier molecular flexibility index (Phi) is 7.79. The maximum absolute atomic E-state index is 13.4. The second kappa shape index (κ2) is 10.6. The minimum atomic E-state index is -0.973. The lowest BCUT2D eigenvalue weighted by Gasteiger charge is -2.34. The number of piperidine rings is 1. The summed E-state index contributed by atoms with van der Waals surface area (Å²) in [5.74, 6) is -1.75. The number of likely N-dealkylation sites (tertiary alicyclic amines) is 1. The lowest BCUT2D eigenvalue weighted by atomic mass is 9.98. The van der Waals surface area contributed by atoms with Crippen LogP contribution in [0.5, 0.6) is 0 Å².